The molecule has 17 heavy (non-hydrogen) atoms. The smallest absolute Gasteiger partial charge is 0.251 e. The van der Waals surface area contributed by atoms with Crippen molar-refractivity contribution in [3.05, 3.63) is 32.6 Å². The number of aryl methyl sites for hydroxylation is 1. The zero-order valence-electron chi connectivity index (χ0n) is 8.44. The lowest BCUT2D eigenvalue weighted by molar-refractivity contribution is 0.880. The lowest BCUT2D eigenvalue weighted by Gasteiger charge is -2.01. The number of halogens is 2. The molecule has 0 aliphatic heterocycles. The molecule has 0 amide bonds. The van der Waals surface area contributed by atoms with E-state index in [0.29, 0.717) is 15.9 Å². The van der Waals surface area contributed by atoms with Gasteiger partial charge in [-0.1, -0.05) is 11.6 Å². The molecule has 0 spiro atoms. The van der Waals surface area contributed by atoms with Crippen molar-refractivity contribution in [3.8, 4) is 0 Å². The summed E-state index contributed by atoms with van der Waals surface area (Å²) in [7, 11) is 0. The molecule has 6 nitrogen and oxygen atoms in total. The highest BCUT2D eigenvalue weighted by Crippen LogP contribution is 2.27. The molecule has 0 bridgehead atoms. The van der Waals surface area contributed by atoms with Gasteiger partial charge in [0.1, 0.15) is 5.03 Å². The second-order valence-corrected chi connectivity index (χ2v) is 4.64. The molecule has 2 heterocycles. The van der Waals surface area contributed by atoms with Gasteiger partial charge in [-0.05, 0) is 30.3 Å². The van der Waals surface area contributed by atoms with Crippen LogP contribution in [0.1, 0.15) is 5.69 Å². The van der Waals surface area contributed by atoms with Crippen LogP contribution in [0.25, 0.3) is 0 Å². The lowest BCUT2D eigenvalue weighted by Crippen LogP contribution is -2.08. The topological polar surface area (TPSA) is 84.4 Å². The summed E-state index contributed by atoms with van der Waals surface area (Å²) in [5.41, 5.74) is 0.352. The molecular weight excluding hydrogens is 285 g/mol. The first-order chi connectivity index (χ1) is 8.04. The minimum atomic E-state index is -0.246. The van der Waals surface area contributed by atoms with Crippen molar-refractivity contribution in [2.45, 2.75) is 17.1 Å². The Labute approximate surface area is 110 Å². The van der Waals surface area contributed by atoms with E-state index in [0.717, 1.165) is 11.8 Å². The van der Waals surface area contributed by atoms with E-state index < -0.39 is 0 Å². The minimum absolute atomic E-state index is 0.0214. The molecule has 88 valence electrons. The summed E-state index contributed by atoms with van der Waals surface area (Å²) in [6.07, 6.45) is 0. The number of rotatable bonds is 2. The van der Waals surface area contributed by atoms with Gasteiger partial charge in [0.15, 0.2) is 10.3 Å². The molecule has 0 saturated carbocycles. The van der Waals surface area contributed by atoms with Gasteiger partial charge in [-0.3, -0.25) is 4.79 Å². The molecule has 2 rings (SSSR count). The van der Waals surface area contributed by atoms with Crippen LogP contribution < -0.4 is 5.56 Å². The highest BCUT2D eigenvalue weighted by molar-refractivity contribution is 7.99. The lowest BCUT2D eigenvalue weighted by atomic mass is 10.5. The van der Waals surface area contributed by atoms with Crippen molar-refractivity contribution in [1.82, 2.24) is 25.1 Å². The molecule has 1 N–H and O–H groups in total. The summed E-state index contributed by atoms with van der Waals surface area (Å²) in [4.78, 5) is 21.8. The zero-order chi connectivity index (χ0) is 12.4. The van der Waals surface area contributed by atoms with E-state index in [2.05, 4.69) is 25.1 Å². The highest BCUT2D eigenvalue weighted by Gasteiger charge is 2.10. The summed E-state index contributed by atoms with van der Waals surface area (Å²) in [5.74, 6) is 0. The number of hydrogen-bond acceptors (Lipinski definition) is 6. The van der Waals surface area contributed by atoms with E-state index in [1.165, 1.54) is 6.07 Å². The normalized spacial score (nSPS) is 10.5. The molecular formula is C8H5Cl2N5OS. The van der Waals surface area contributed by atoms with Crippen LogP contribution >= 0.6 is 35.0 Å². The minimum Gasteiger partial charge on any atom is -0.301 e. The van der Waals surface area contributed by atoms with Gasteiger partial charge in [0, 0.05) is 11.8 Å². The Hall–Kier alpha value is -1.18. The van der Waals surface area contributed by atoms with Crippen LogP contribution in [0, 0.1) is 6.92 Å². The van der Waals surface area contributed by atoms with Gasteiger partial charge in [-0.15, -0.1) is 10.2 Å². The summed E-state index contributed by atoms with van der Waals surface area (Å²) >= 11 is 12.4. The van der Waals surface area contributed by atoms with E-state index in [9.17, 15) is 4.79 Å². The Morgan fingerprint density at radius 1 is 1.29 bits per heavy atom. The third-order valence-electron chi connectivity index (χ3n) is 1.63. The maximum atomic E-state index is 11.2. The molecule has 2 aromatic heterocycles. The van der Waals surface area contributed by atoms with Crippen molar-refractivity contribution in [2.75, 3.05) is 0 Å². The Kier molecular flexibility index (Phi) is 3.60. The van der Waals surface area contributed by atoms with Crippen molar-refractivity contribution in [2.24, 2.45) is 0 Å². The van der Waals surface area contributed by atoms with Crippen LogP contribution in [0.3, 0.4) is 0 Å². The van der Waals surface area contributed by atoms with Crippen molar-refractivity contribution >= 4 is 35.0 Å². The molecule has 0 atom stereocenters. The fourth-order valence-corrected chi connectivity index (χ4v) is 2.19. The molecule has 0 aromatic carbocycles. The van der Waals surface area contributed by atoms with Gasteiger partial charge in [-0.25, -0.2) is 9.97 Å². The average Bonchev–Trinajstić information content (AvgIpc) is 2.22. The second kappa shape index (κ2) is 4.99. The van der Waals surface area contributed by atoms with Gasteiger partial charge in [-0.2, -0.15) is 0 Å². The van der Waals surface area contributed by atoms with Crippen LogP contribution in [-0.4, -0.2) is 25.1 Å². The zero-order valence-corrected chi connectivity index (χ0v) is 10.8. The predicted octanol–water partition coefficient (Wildman–Crippen LogP) is 1.72. The summed E-state index contributed by atoms with van der Waals surface area (Å²) in [6, 6.07) is 1.39. The van der Waals surface area contributed by atoms with Crippen molar-refractivity contribution in [3.63, 3.8) is 0 Å². The Morgan fingerprint density at radius 3 is 2.76 bits per heavy atom. The molecule has 0 saturated heterocycles. The van der Waals surface area contributed by atoms with Crippen molar-refractivity contribution in [1.29, 1.82) is 0 Å². The van der Waals surface area contributed by atoms with E-state index in [1.807, 2.05) is 0 Å². The van der Waals surface area contributed by atoms with Crippen LogP contribution in [0.5, 0.6) is 0 Å². The maximum Gasteiger partial charge on any atom is 0.251 e. The van der Waals surface area contributed by atoms with E-state index in [-0.39, 0.29) is 16.0 Å². The molecule has 0 radical (unpaired) electrons. The number of nitrogens with one attached hydrogen (secondary N) is 1. The first-order valence-electron chi connectivity index (χ1n) is 4.36. The van der Waals surface area contributed by atoms with Gasteiger partial charge >= 0.3 is 0 Å². The molecule has 0 aliphatic rings. The number of H-pyrrole nitrogens is 1. The largest absolute Gasteiger partial charge is 0.301 e. The second-order valence-electron chi connectivity index (χ2n) is 2.97. The first kappa shape index (κ1) is 12.3. The fourth-order valence-electron chi connectivity index (χ4n) is 1.04. The summed E-state index contributed by atoms with van der Waals surface area (Å²) < 4.78 is 0. The number of hydrogen-bond donors (Lipinski definition) is 1. The maximum absolute atomic E-state index is 11.2. The van der Waals surface area contributed by atoms with Crippen LogP contribution in [0.2, 0.25) is 10.4 Å². The van der Waals surface area contributed by atoms with Gasteiger partial charge in [0.25, 0.3) is 5.56 Å². The Balaban J connectivity index is 2.37. The summed E-state index contributed by atoms with van der Waals surface area (Å²) in [5, 5.41) is 7.86. The van der Waals surface area contributed by atoms with E-state index >= 15 is 0 Å². The van der Waals surface area contributed by atoms with Crippen LogP contribution in [-0.2, 0) is 0 Å². The van der Waals surface area contributed by atoms with Gasteiger partial charge < -0.3 is 4.98 Å². The summed E-state index contributed by atoms with van der Waals surface area (Å²) in [6.45, 7) is 1.71. The molecule has 0 aliphatic carbocycles. The molecule has 0 fully saturated rings. The fraction of sp³-hybridized carbons (Fsp3) is 0.125. The number of aromatic nitrogens is 5. The van der Waals surface area contributed by atoms with Crippen LogP contribution in [0.4, 0.5) is 0 Å². The SMILES string of the molecule is Cc1cc(=O)[nH]c(Sc2nc(Cl)nnc2Cl)n1. The molecule has 2 aromatic rings. The molecule has 9 heteroatoms. The van der Waals surface area contributed by atoms with E-state index in [4.69, 9.17) is 23.2 Å². The van der Waals surface area contributed by atoms with E-state index in [1.54, 1.807) is 6.92 Å². The molecule has 0 unspecified atom stereocenters. The monoisotopic (exact) mass is 289 g/mol. The van der Waals surface area contributed by atoms with Gasteiger partial charge in [0.05, 0.1) is 0 Å². The standard InChI is InChI=1S/C8H5Cl2N5OS/c1-3-2-4(16)12-8(11-3)17-6-5(9)14-15-7(10)13-6/h2H,1H3,(H,11,12,16). The Morgan fingerprint density at radius 2 is 2.06 bits per heavy atom. The average molecular weight is 290 g/mol. The number of aromatic amines is 1. The van der Waals surface area contributed by atoms with Crippen LogP contribution in [0.15, 0.2) is 21.0 Å². The first-order valence-corrected chi connectivity index (χ1v) is 5.93. The number of nitrogens with zero attached hydrogens (tertiary/aromatic N) is 4. The quantitative estimate of drug-likeness (QED) is 0.848. The third-order valence-corrected chi connectivity index (χ3v) is 3.02. The van der Waals surface area contributed by atoms with Crippen molar-refractivity contribution < 1.29 is 0 Å². The Bertz CT molecular complexity index is 617. The highest BCUT2D eigenvalue weighted by atomic mass is 35.5. The predicted molar refractivity (Wildman–Crippen MR) is 63.6 cm³/mol. The van der Waals surface area contributed by atoms with Gasteiger partial charge in [0.2, 0.25) is 5.28 Å². The third kappa shape index (κ3) is 3.15.